The summed E-state index contributed by atoms with van der Waals surface area (Å²) in [6, 6.07) is 5.89. The van der Waals surface area contributed by atoms with Crippen molar-refractivity contribution in [3.63, 3.8) is 0 Å². The molecule has 0 aromatic heterocycles. The van der Waals surface area contributed by atoms with Gasteiger partial charge in [0.1, 0.15) is 5.75 Å². The fourth-order valence-corrected chi connectivity index (χ4v) is 2.27. The normalized spacial score (nSPS) is 12.5. The van der Waals surface area contributed by atoms with E-state index in [0.29, 0.717) is 6.61 Å². The first-order valence-corrected chi connectivity index (χ1v) is 6.73. The van der Waals surface area contributed by atoms with Gasteiger partial charge in [-0.2, -0.15) is 0 Å². The second kappa shape index (κ2) is 7.69. The molecule has 0 heterocycles. The van der Waals surface area contributed by atoms with Gasteiger partial charge < -0.3 is 15.6 Å². The Morgan fingerprint density at radius 3 is 2.71 bits per heavy atom. The van der Waals surface area contributed by atoms with E-state index in [4.69, 9.17) is 15.6 Å². The third-order valence-corrected chi connectivity index (χ3v) is 3.22. The zero-order valence-electron chi connectivity index (χ0n) is 10.2. The molecule has 1 aromatic carbocycles. The highest BCUT2D eigenvalue weighted by atomic mass is 79.9. The van der Waals surface area contributed by atoms with Crippen LogP contribution < -0.4 is 10.5 Å². The molecule has 0 spiro atoms. The number of hydrogen-bond acceptors (Lipinski definition) is 3. The Kier molecular flexibility index (Phi) is 6.55. The van der Waals surface area contributed by atoms with Crippen molar-refractivity contribution in [3.05, 3.63) is 28.2 Å². The summed E-state index contributed by atoms with van der Waals surface area (Å²) < 4.78 is 6.60. The molecule has 0 aliphatic carbocycles. The highest BCUT2D eigenvalue weighted by Gasteiger charge is 2.05. The maximum atomic E-state index is 8.64. The van der Waals surface area contributed by atoms with Gasteiger partial charge in [-0.05, 0) is 43.9 Å². The number of benzene rings is 1. The molecule has 0 amide bonds. The second-order valence-corrected chi connectivity index (χ2v) is 4.96. The molecule has 1 rings (SSSR count). The number of rotatable bonds is 7. The van der Waals surface area contributed by atoms with E-state index in [1.807, 2.05) is 25.1 Å². The highest BCUT2D eigenvalue weighted by molar-refractivity contribution is 9.10. The molecular weight excluding hydrogens is 282 g/mol. The maximum absolute atomic E-state index is 8.64. The van der Waals surface area contributed by atoms with E-state index in [0.717, 1.165) is 35.0 Å². The van der Waals surface area contributed by atoms with Crippen molar-refractivity contribution >= 4 is 15.9 Å². The van der Waals surface area contributed by atoms with Crippen molar-refractivity contribution in [2.75, 3.05) is 13.2 Å². The molecule has 0 fully saturated rings. The molecule has 0 saturated heterocycles. The Morgan fingerprint density at radius 1 is 1.35 bits per heavy atom. The van der Waals surface area contributed by atoms with Crippen molar-refractivity contribution in [2.24, 2.45) is 5.73 Å². The summed E-state index contributed by atoms with van der Waals surface area (Å²) in [6.45, 7) is 2.90. The van der Waals surface area contributed by atoms with Crippen LogP contribution in [0.1, 0.15) is 37.8 Å². The smallest absolute Gasteiger partial charge is 0.120 e. The Hall–Kier alpha value is -0.580. The van der Waals surface area contributed by atoms with Crippen LogP contribution in [0.3, 0.4) is 0 Å². The van der Waals surface area contributed by atoms with E-state index in [-0.39, 0.29) is 12.6 Å². The first-order chi connectivity index (χ1) is 8.15. The number of hydrogen-bond donors (Lipinski definition) is 2. The predicted octanol–water partition coefficient (Wildman–Crippen LogP) is 3.01. The van der Waals surface area contributed by atoms with E-state index in [1.165, 1.54) is 0 Å². The molecule has 0 saturated carbocycles. The topological polar surface area (TPSA) is 55.5 Å². The van der Waals surface area contributed by atoms with E-state index in [2.05, 4.69) is 15.9 Å². The minimum absolute atomic E-state index is 0.0166. The minimum atomic E-state index is 0.0166. The van der Waals surface area contributed by atoms with Gasteiger partial charge in [0.2, 0.25) is 0 Å². The maximum Gasteiger partial charge on any atom is 0.120 e. The van der Waals surface area contributed by atoms with Gasteiger partial charge in [0, 0.05) is 17.1 Å². The van der Waals surface area contributed by atoms with Crippen molar-refractivity contribution < 1.29 is 9.84 Å². The molecule has 0 radical (unpaired) electrons. The summed E-state index contributed by atoms with van der Waals surface area (Å²) in [5.74, 6) is 0.852. The van der Waals surface area contributed by atoms with Crippen LogP contribution in [0.5, 0.6) is 5.75 Å². The van der Waals surface area contributed by atoms with Crippen LogP contribution >= 0.6 is 15.9 Å². The Labute approximate surface area is 111 Å². The Morgan fingerprint density at radius 2 is 2.12 bits per heavy atom. The molecule has 0 aliphatic rings. The summed E-state index contributed by atoms with van der Waals surface area (Å²) in [5, 5.41) is 8.64. The van der Waals surface area contributed by atoms with Crippen molar-refractivity contribution in [3.8, 4) is 5.75 Å². The van der Waals surface area contributed by atoms with Gasteiger partial charge in [-0.15, -0.1) is 0 Å². The first-order valence-electron chi connectivity index (χ1n) is 5.94. The lowest BCUT2D eigenvalue weighted by atomic mass is 10.1. The zero-order chi connectivity index (χ0) is 12.7. The zero-order valence-corrected chi connectivity index (χ0v) is 11.7. The third kappa shape index (κ3) is 5.06. The predicted molar refractivity (Wildman–Crippen MR) is 73.2 cm³/mol. The summed E-state index contributed by atoms with van der Waals surface area (Å²) in [5.41, 5.74) is 6.91. The second-order valence-electron chi connectivity index (χ2n) is 4.10. The van der Waals surface area contributed by atoms with Crippen LogP contribution in [0.2, 0.25) is 0 Å². The largest absolute Gasteiger partial charge is 0.494 e. The van der Waals surface area contributed by atoms with Crippen molar-refractivity contribution in [1.29, 1.82) is 0 Å². The number of ether oxygens (including phenoxy) is 1. The molecule has 1 unspecified atom stereocenters. The van der Waals surface area contributed by atoms with E-state index >= 15 is 0 Å². The first kappa shape index (κ1) is 14.5. The average Bonchev–Trinajstić information content (AvgIpc) is 2.28. The number of aliphatic hydroxyl groups excluding tert-OH is 1. The Balaban J connectivity index is 2.42. The highest BCUT2D eigenvalue weighted by Crippen LogP contribution is 2.26. The van der Waals surface area contributed by atoms with Gasteiger partial charge >= 0.3 is 0 Å². The monoisotopic (exact) mass is 301 g/mol. The van der Waals surface area contributed by atoms with Gasteiger partial charge in [0.25, 0.3) is 0 Å². The molecule has 4 heteroatoms. The Bertz CT molecular complexity index is 342. The third-order valence-electron chi connectivity index (χ3n) is 2.53. The van der Waals surface area contributed by atoms with Gasteiger partial charge in [0.15, 0.2) is 0 Å². The van der Waals surface area contributed by atoms with Gasteiger partial charge in [-0.1, -0.05) is 22.0 Å². The lowest BCUT2D eigenvalue weighted by molar-refractivity contribution is 0.266. The average molecular weight is 302 g/mol. The lowest BCUT2D eigenvalue weighted by Crippen LogP contribution is -2.06. The molecule has 0 aliphatic heterocycles. The number of halogens is 1. The van der Waals surface area contributed by atoms with Crippen molar-refractivity contribution in [1.82, 2.24) is 0 Å². The summed E-state index contributed by atoms with van der Waals surface area (Å²) in [4.78, 5) is 0. The SMILES string of the molecule is CC(N)c1ccc(OCCCCCO)cc1Br. The van der Waals surface area contributed by atoms with Gasteiger partial charge in [0.05, 0.1) is 6.61 Å². The van der Waals surface area contributed by atoms with Crippen molar-refractivity contribution in [2.45, 2.75) is 32.2 Å². The van der Waals surface area contributed by atoms with E-state index in [9.17, 15) is 0 Å². The molecule has 96 valence electrons. The summed E-state index contributed by atoms with van der Waals surface area (Å²) in [7, 11) is 0. The summed E-state index contributed by atoms with van der Waals surface area (Å²) in [6.07, 6.45) is 2.81. The quantitative estimate of drug-likeness (QED) is 0.761. The minimum Gasteiger partial charge on any atom is -0.494 e. The molecule has 3 N–H and O–H groups in total. The number of unbranched alkanes of at least 4 members (excludes halogenated alkanes) is 2. The van der Waals surface area contributed by atoms with Gasteiger partial charge in [-0.3, -0.25) is 0 Å². The number of nitrogens with two attached hydrogens (primary N) is 1. The summed E-state index contributed by atoms with van der Waals surface area (Å²) >= 11 is 3.49. The van der Waals surface area contributed by atoms with Crippen LogP contribution in [0.25, 0.3) is 0 Å². The van der Waals surface area contributed by atoms with Crippen LogP contribution in [0.4, 0.5) is 0 Å². The van der Waals surface area contributed by atoms with Crippen LogP contribution in [0.15, 0.2) is 22.7 Å². The van der Waals surface area contributed by atoms with E-state index in [1.54, 1.807) is 0 Å². The molecule has 0 bridgehead atoms. The van der Waals surface area contributed by atoms with Crippen LogP contribution in [-0.2, 0) is 0 Å². The number of aliphatic hydroxyl groups is 1. The fraction of sp³-hybridized carbons (Fsp3) is 0.538. The molecule has 17 heavy (non-hydrogen) atoms. The van der Waals surface area contributed by atoms with Crippen LogP contribution in [0, 0.1) is 0 Å². The molecule has 1 aromatic rings. The molecular formula is C13H20BrNO2. The standard InChI is InChI=1S/C13H20BrNO2/c1-10(15)12-6-5-11(9-13(12)14)17-8-4-2-3-7-16/h5-6,9-10,16H,2-4,7-8,15H2,1H3. The van der Waals surface area contributed by atoms with Gasteiger partial charge in [-0.25, -0.2) is 0 Å². The van der Waals surface area contributed by atoms with Crippen LogP contribution in [-0.4, -0.2) is 18.3 Å². The molecule has 3 nitrogen and oxygen atoms in total. The molecule has 1 atom stereocenters. The lowest BCUT2D eigenvalue weighted by Gasteiger charge is -2.11. The van der Waals surface area contributed by atoms with E-state index < -0.39 is 0 Å². The fourth-order valence-electron chi connectivity index (χ4n) is 1.55.